The zero-order valence-corrected chi connectivity index (χ0v) is 9.69. The van der Waals surface area contributed by atoms with Gasteiger partial charge < -0.3 is 10.6 Å². The topological polar surface area (TPSA) is 41.1 Å². The summed E-state index contributed by atoms with van der Waals surface area (Å²) in [4.78, 5) is 12.9. The van der Waals surface area contributed by atoms with Crippen molar-refractivity contribution in [1.29, 1.82) is 0 Å². The summed E-state index contributed by atoms with van der Waals surface area (Å²) in [6.45, 7) is 4.49. The van der Waals surface area contributed by atoms with Gasteiger partial charge in [0.2, 0.25) is 5.91 Å². The normalized spacial score (nSPS) is 16.1. The molecule has 3 nitrogen and oxygen atoms in total. The highest BCUT2D eigenvalue weighted by Crippen LogP contribution is 2.17. The van der Waals surface area contributed by atoms with E-state index in [0.717, 1.165) is 19.5 Å². The van der Waals surface area contributed by atoms with Gasteiger partial charge in [-0.1, -0.05) is 6.92 Å². The second kappa shape index (κ2) is 4.77. The third kappa shape index (κ3) is 2.38. The van der Waals surface area contributed by atoms with Gasteiger partial charge in [-0.3, -0.25) is 4.79 Å². The van der Waals surface area contributed by atoms with E-state index in [1.165, 1.54) is 10.4 Å². The summed E-state index contributed by atoms with van der Waals surface area (Å²) < 4.78 is 0. The van der Waals surface area contributed by atoms with Crippen molar-refractivity contribution < 1.29 is 4.79 Å². The SMILES string of the molecule is CCc1ccsc1CNC(=O)C1CNC1. The smallest absolute Gasteiger partial charge is 0.225 e. The van der Waals surface area contributed by atoms with E-state index in [1.807, 2.05) is 0 Å². The van der Waals surface area contributed by atoms with E-state index in [4.69, 9.17) is 0 Å². The molecule has 1 amide bonds. The van der Waals surface area contributed by atoms with Crippen molar-refractivity contribution in [2.45, 2.75) is 19.9 Å². The average molecular weight is 224 g/mol. The van der Waals surface area contributed by atoms with E-state index >= 15 is 0 Å². The van der Waals surface area contributed by atoms with E-state index in [9.17, 15) is 4.79 Å². The number of nitrogens with one attached hydrogen (secondary N) is 2. The van der Waals surface area contributed by atoms with Crippen LogP contribution in [0, 0.1) is 5.92 Å². The molecule has 2 rings (SSSR count). The van der Waals surface area contributed by atoms with Gasteiger partial charge in [0.1, 0.15) is 0 Å². The first-order valence-electron chi connectivity index (χ1n) is 5.35. The molecule has 1 aromatic rings. The second-order valence-electron chi connectivity index (χ2n) is 3.80. The molecule has 1 aromatic heterocycles. The number of thiophene rings is 1. The Kier molecular flexibility index (Phi) is 3.38. The minimum atomic E-state index is 0.184. The molecule has 15 heavy (non-hydrogen) atoms. The standard InChI is InChI=1S/C11H16N2OS/c1-2-8-3-4-15-10(8)7-13-11(14)9-5-12-6-9/h3-4,9,12H,2,5-7H2,1H3,(H,13,14). The molecule has 0 aliphatic carbocycles. The molecule has 0 saturated carbocycles. The minimum Gasteiger partial charge on any atom is -0.351 e. The summed E-state index contributed by atoms with van der Waals surface area (Å²) in [6, 6.07) is 2.14. The van der Waals surface area contributed by atoms with Crippen LogP contribution in [0.2, 0.25) is 0 Å². The highest BCUT2D eigenvalue weighted by molar-refractivity contribution is 7.10. The molecule has 1 aliphatic heterocycles. The Bertz CT molecular complexity index is 344. The first-order valence-corrected chi connectivity index (χ1v) is 6.23. The number of hydrogen-bond acceptors (Lipinski definition) is 3. The Morgan fingerprint density at radius 1 is 1.67 bits per heavy atom. The fraction of sp³-hybridized carbons (Fsp3) is 0.545. The lowest BCUT2D eigenvalue weighted by Gasteiger charge is -2.25. The van der Waals surface area contributed by atoms with Crippen LogP contribution in [0.3, 0.4) is 0 Å². The molecule has 0 atom stereocenters. The summed E-state index contributed by atoms with van der Waals surface area (Å²) in [5.74, 6) is 0.374. The Morgan fingerprint density at radius 3 is 3.07 bits per heavy atom. The Morgan fingerprint density at radius 2 is 2.47 bits per heavy atom. The van der Waals surface area contributed by atoms with Crippen molar-refractivity contribution in [3.05, 3.63) is 21.9 Å². The second-order valence-corrected chi connectivity index (χ2v) is 4.80. The van der Waals surface area contributed by atoms with E-state index in [1.54, 1.807) is 11.3 Å². The number of rotatable bonds is 4. The van der Waals surface area contributed by atoms with Crippen molar-refractivity contribution in [1.82, 2.24) is 10.6 Å². The molecular formula is C11H16N2OS. The molecule has 1 aliphatic rings. The molecule has 1 saturated heterocycles. The minimum absolute atomic E-state index is 0.184. The lowest BCUT2D eigenvalue weighted by molar-refractivity contribution is -0.126. The summed E-state index contributed by atoms with van der Waals surface area (Å²) in [6.07, 6.45) is 1.04. The zero-order valence-electron chi connectivity index (χ0n) is 8.88. The van der Waals surface area contributed by atoms with Crippen LogP contribution in [0.1, 0.15) is 17.4 Å². The molecule has 82 valence electrons. The van der Waals surface area contributed by atoms with Crippen LogP contribution in [-0.4, -0.2) is 19.0 Å². The Labute approximate surface area is 93.9 Å². The molecule has 0 spiro atoms. The molecular weight excluding hydrogens is 208 g/mol. The maximum absolute atomic E-state index is 11.6. The number of aryl methyl sites for hydroxylation is 1. The van der Waals surface area contributed by atoms with Crippen LogP contribution in [0.25, 0.3) is 0 Å². The van der Waals surface area contributed by atoms with Gasteiger partial charge in [-0.15, -0.1) is 11.3 Å². The number of carbonyl (C=O) groups excluding carboxylic acids is 1. The van der Waals surface area contributed by atoms with Gasteiger partial charge in [0.15, 0.2) is 0 Å². The average Bonchev–Trinajstić information content (AvgIpc) is 2.58. The number of amides is 1. The van der Waals surface area contributed by atoms with Crippen LogP contribution in [0.15, 0.2) is 11.4 Å². The summed E-state index contributed by atoms with van der Waals surface area (Å²) in [7, 11) is 0. The molecule has 1 fully saturated rings. The molecule has 2 N–H and O–H groups in total. The maximum atomic E-state index is 11.6. The predicted octanol–water partition coefficient (Wildman–Crippen LogP) is 1.15. The van der Waals surface area contributed by atoms with Gasteiger partial charge in [-0.25, -0.2) is 0 Å². The molecule has 4 heteroatoms. The quantitative estimate of drug-likeness (QED) is 0.805. The highest BCUT2D eigenvalue weighted by Gasteiger charge is 2.24. The van der Waals surface area contributed by atoms with Gasteiger partial charge in [0, 0.05) is 18.0 Å². The van der Waals surface area contributed by atoms with E-state index in [2.05, 4.69) is 29.0 Å². The largest absolute Gasteiger partial charge is 0.351 e. The fourth-order valence-corrected chi connectivity index (χ4v) is 2.54. The maximum Gasteiger partial charge on any atom is 0.225 e. The summed E-state index contributed by atoms with van der Waals surface area (Å²) in [5, 5.41) is 8.18. The van der Waals surface area contributed by atoms with Crippen molar-refractivity contribution in [3.8, 4) is 0 Å². The van der Waals surface area contributed by atoms with Gasteiger partial charge in [0.05, 0.1) is 12.5 Å². The molecule has 0 aromatic carbocycles. The zero-order chi connectivity index (χ0) is 10.7. The van der Waals surface area contributed by atoms with Crippen LogP contribution in [0.5, 0.6) is 0 Å². The van der Waals surface area contributed by atoms with Crippen LogP contribution < -0.4 is 10.6 Å². The highest BCUT2D eigenvalue weighted by atomic mass is 32.1. The van der Waals surface area contributed by atoms with Crippen LogP contribution in [0.4, 0.5) is 0 Å². The van der Waals surface area contributed by atoms with Gasteiger partial charge in [-0.2, -0.15) is 0 Å². The first-order chi connectivity index (χ1) is 7.31. The lowest BCUT2D eigenvalue weighted by atomic mass is 10.0. The summed E-state index contributed by atoms with van der Waals surface area (Å²) >= 11 is 1.72. The predicted molar refractivity (Wildman–Crippen MR) is 61.9 cm³/mol. The van der Waals surface area contributed by atoms with Crippen molar-refractivity contribution in [3.63, 3.8) is 0 Å². The fourth-order valence-electron chi connectivity index (χ4n) is 1.62. The summed E-state index contributed by atoms with van der Waals surface area (Å²) in [5.41, 5.74) is 1.35. The lowest BCUT2D eigenvalue weighted by Crippen LogP contribution is -2.50. The monoisotopic (exact) mass is 224 g/mol. The van der Waals surface area contributed by atoms with E-state index < -0.39 is 0 Å². The first kappa shape index (κ1) is 10.6. The van der Waals surface area contributed by atoms with Crippen molar-refractivity contribution in [2.24, 2.45) is 5.92 Å². The van der Waals surface area contributed by atoms with E-state index in [-0.39, 0.29) is 11.8 Å². The van der Waals surface area contributed by atoms with E-state index in [0.29, 0.717) is 6.54 Å². The third-order valence-electron chi connectivity index (χ3n) is 2.79. The Balaban J connectivity index is 1.84. The molecule has 0 bridgehead atoms. The Hall–Kier alpha value is -0.870. The van der Waals surface area contributed by atoms with Crippen LogP contribution in [-0.2, 0) is 17.8 Å². The molecule has 0 radical (unpaired) electrons. The van der Waals surface area contributed by atoms with Gasteiger partial charge in [0.25, 0.3) is 0 Å². The van der Waals surface area contributed by atoms with Crippen molar-refractivity contribution in [2.75, 3.05) is 13.1 Å². The van der Waals surface area contributed by atoms with Crippen molar-refractivity contribution >= 4 is 17.2 Å². The molecule has 0 unspecified atom stereocenters. The molecule has 2 heterocycles. The van der Waals surface area contributed by atoms with Gasteiger partial charge >= 0.3 is 0 Å². The third-order valence-corrected chi connectivity index (χ3v) is 3.76. The number of hydrogen-bond donors (Lipinski definition) is 2. The van der Waals surface area contributed by atoms with Gasteiger partial charge in [-0.05, 0) is 23.4 Å². The van der Waals surface area contributed by atoms with Crippen LogP contribution >= 0.6 is 11.3 Å². The number of carbonyl (C=O) groups is 1.